The number of hydrogen-bond donors (Lipinski definition) is 0. The molecule has 2 aromatic rings. The Morgan fingerprint density at radius 2 is 1.97 bits per heavy atom. The molecule has 0 unspecified atom stereocenters. The van der Waals surface area contributed by atoms with Crippen molar-refractivity contribution in [2.45, 2.75) is 58.8 Å². The monoisotopic (exact) mass is 409 g/mol. The van der Waals surface area contributed by atoms with Crippen LogP contribution >= 0.6 is 0 Å². The van der Waals surface area contributed by atoms with E-state index >= 15 is 0 Å². The van der Waals surface area contributed by atoms with E-state index in [2.05, 4.69) is 33.4 Å². The first-order chi connectivity index (χ1) is 14.5. The number of rotatable bonds is 4. The van der Waals surface area contributed by atoms with Gasteiger partial charge in [0.15, 0.2) is 5.69 Å². The standard InChI is InChI=1S/C23H31N5O2/c1-15-11-27(12-16(2)30-15)23(29)22-17(3)28(25-24-22)21-6-4-5-19-14-26(10-9-20(19)21)13-18-7-8-18/h4-6,15-16,18H,7-14H2,1-3H3/t15-,16+. The van der Waals surface area contributed by atoms with E-state index in [1.165, 1.54) is 30.5 Å². The van der Waals surface area contributed by atoms with E-state index in [4.69, 9.17) is 4.74 Å². The summed E-state index contributed by atoms with van der Waals surface area (Å²) in [5.41, 5.74) is 5.02. The Labute approximate surface area is 178 Å². The number of ether oxygens (including phenoxy) is 1. The average Bonchev–Trinajstić information content (AvgIpc) is 3.45. The molecular formula is C23H31N5O2. The molecule has 0 radical (unpaired) electrons. The predicted octanol–water partition coefficient (Wildman–Crippen LogP) is 2.59. The molecule has 1 amide bonds. The molecule has 2 fully saturated rings. The lowest BCUT2D eigenvalue weighted by atomic mass is 9.97. The van der Waals surface area contributed by atoms with Crippen LogP contribution in [0.2, 0.25) is 0 Å². The molecule has 2 atom stereocenters. The summed E-state index contributed by atoms with van der Waals surface area (Å²) in [4.78, 5) is 17.6. The van der Waals surface area contributed by atoms with Crippen molar-refractivity contribution in [2.75, 3.05) is 26.2 Å². The molecule has 1 saturated heterocycles. The maximum Gasteiger partial charge on any atom is 0.276 e. The molecule has 0 N–H and O–H groups in total. The van der Waals surface area contributed by atoms with Crippen LogP contribution in [0.25, 0.3) is 5.69 Å². The Morgan fingerprint density at radius 3 is 2.70 bits per heavy atom. The highest BCUT2D eigenvalue weighted by Gasteiger charge is 2.31. The van der Waals surface area contributed by atoms with Gasteiger partial charge in [-0.25, -0.2) is 4.68 Å². The normalized spacial score (nSPS) is 24.7. The maximum absolute atomic E-state index is 13.1. The van der Waals surface area contributed by atoms with Crippen molar-refractivity contribution in [1.29, 1.82) is 0 Å². The number of carbonyl (C=O) groups is 1. The van der Waals surface area contributed by atoms with E-state index in [9.17, 15) is 4.79 Å². The summed E-state index contributed by atoms with van der Waals surface area (Å²) >= 11 is 0. The van der Waals surface area contributed by atoms with Gasteiger partial charge in [-0.15, -0.1) is 5.10 Å². The topological polar surface area (TPSA) is 63.5 Å². The highest BCUT2D eigenvalue weighted by atomic mass is 16.5. The molecule has 5 rings (SSSR count). The Balaban J connectivity index is 1.40. The van der Waals surface area contributed by atoms with Crippen molar-refractivity contribution in [3.8, 4) is 5.69 Å². The molecule has 160 valence electrons. The third kappa shape index (κ3) is 3.76. The van der Waals surface area contributed by atoms with Crippen molar-refractivity contribution in [1.82, 2.24) is 24.8 Å². The van der Waals surface area contributed by atoms with Crippen LogP contribution in [0.5, 0.6) is 0 Å². The van der Waals surface area contributed by atoms with Crippen LogP contribution in [0, 0.1) is 12.8 Å². The first kappa shape index (κ1) is 19.7. The second kappa shape index (κ2) is 7.78. The molecule has 0 bridgehead atoms. The van der Waals surface area contributed by atoms with Crippen LogP contribution in [-0.4, -0.2) is 69.1 Å². The third-order valence-corrected chi connectivity index (χ3v) is 6.57. The Morgan fingerprint density at radius 1 is 1.20 bits per heavy atom. The van der Waals surface area contributed by atoms with Gasteiger partial charge in [0.25, 0.3) is 5.91 Å². The van der Waals surface area contributed by atoms with E-state index < -0.39 is 0 Å². The van der Waals surface area contributed by atoms with Gasteiger partial charge in [-0.05, 0) is 63.1 Å². The summed E-state index contributed by atoms with van der Waals surface area (Å²) in [6.07, 6.45) is 3.86. The lowest BCUT2D eigenvalue weighted by molar-refractivity contribution is -0.0587. The zero-order valence-electron chi connectivity index (χ0n) is 18.2. The van der Waals surface area contributed by atoms with Crippen molar-refractivity contribution < 1.29 is 9.53 Å². The number of benzene rings is 1. The minimum absolute atomic E-state index is 0.0350. The summed E-state index contributed by atoms with van der Waals surface area (Å²) in [5.74, 6) is 0.854. The lowest BCUT2D eigenvalue weighted by Gasteiger charge is -2.35. The number of morpholine rings is 1. The molecule has 30 heavy (non-hydrogen) atoms. The Kier molecular flexibility index (Phi) is 5.11. The largest absolute Gasteiger partial charge is 0.372 e. The molecule has 2 aliphatic heterocycles. The zero-order valence-corrected chi connectivity index (χ0v) is 18.2. The van der Waals surface area contributed by atoms with E-state index in [0.717, 1.165) is 36.8 Å². The van der Waals surface area contributed by atoms with Crippen molar-refractivity contribution in [3.05, 3.63) is 40.7 Å². The first-order valence-electron chi connectivity index (χ1n) is 11.2. The molecule has 1 aromatic heterocycles. The molecule has 1 aromatic carbocycles. The molecule has 1 aliphatic carbocycles. The van der Waals surface area contributed by atoms with E-state index in [-0.39, 0.29) is 18.1 Å². The molecule has 3 aliphatic rings. The number of fused-ring (bicyclic) bond motifs is 1. The fourth-order valence-corrected chi connectivity index (χ4v) is 4.92. The van der Waals surface area contributed by atoms with Gasteiger partial charge in [0.2, 0.25) is 0 Å². The summed E-state index contributed by atoms with van der Waals surface area (Å²) in [6.45, 7) is 10.4. The summed E-state index contributed by atoms with van der Waals surface area (Å²) < 4.78 is 7.62. The van der Waals surface area contributed by atoms with Crippen molar-refractivity contribution in [3.63, 3.8) is 0 Å². The van der Waals surface area contributed by atoms with Crippen LogP contribution in [-0.2, 0) is 17.7 Å². The fraction of sp³-hybridized carbons (Fsp3) is 0.609. The van der Waals surface area contributed by atoms with Gasteiger partial charge in [-0.2, -0.15) is 0 Å². The van der Waals surface area contributed by atoms with E-state index in [1.807, 2.05) is 30.4 Å². The van der Waals surface area contributed by atoms with Gasteiger partial charge in [0.1, 0.15) is 0 Å². The summed E-state index contributed by atoms with van der Waals surface area (Å²) in [5, 5.41) is 8.70. The summed E-state index contributed by atoms with van der Waals surface area (Å²) in [7, 11) is 0. The summed E-state index contributed by atoms with van der Waals surface area (Å²) in [6, 6.07) is 6.43. The van der Waals surface area contributed by atoms with Gasteiger partial charge in [0, 0.05) is 32.7 Å². The first-order valence-corrected chi connectivity index (χ1v) is 11.2. The molecule has 0 spiro atoms. The van der Waals surface area contributed by atoms with Crippen molar-refractivity contribution in [2.24, 2.45) is 5.92 Å². The molecule has 3 heterocycles. The second-order valence-electron chi connectivity index (χ2n) is 9.25. The fourth-order valence-electron chi connectivity index (χ4n) is 4.92. The van der Waals surface area contributed by atoms with Gasteiger partial charge < -0.3 is 9.64 Å². The molecule has 7 nitrogen and oxygen atoms in total. The SMILES string of the molecule is Cc1c(C(=O)N2C[C@@H](C)O[C@@H](C)C2)nnn1-c1cccc2c1CCN(CC1CC1)C2. The van der Waals surface area contributed by atoms with Crippen LogP contribution in [0.1, 0.15) is 54.0 Å². The van der Waals surface area contributed by atoms with Gasteiger partial charge in [0.05, 0.1) is 23.6 Å². The van der Waals surface area contributed by atoms with E-state index in [0.29, 0.717) is 18.8 Å². The molecule has 7 heteroatoms. The highest BCUT2D eigenvalue weighted by Crippen LogP contribution is 2.32. The van der Waals surface area contributed by atoms with Crippen LogP contribution in [0.3, 0.4) is 0 Å². The zero-order chi connectivity index (χ0) is 20.8. The third-order valence-electron chi connectivity index (χ3n) is 6.57. The minimum atomic E-state index is -0.0545. The van der Waals surface area contributed by atoms with Crippen LogP contribution in [0.15, 0.2) is 18.2 Å². The number of hydrogen-bond acceptors (Lipinski definition) is 5. The molecular weight excluding hydrogens is 378 g/mol. The van der Waals surface area contributed by atoms with Crippen LogP contribution < -0.4 is 0 Å². The van der Waals surface area contributed by atoms with Gasteiger partial charge in [-0.1, -0.05) is 17.3 Å². The maximum atomic E-state index is 13.1. The number of carbonyl (C=O) groups excluding carboxylic acids is 1. The number of nitrogens with zero attached hydrogens (tertiary/aromatic N) is 5. The van der Waals surface area contributed by atoms with E-state index in [1.54, 1.807) is 0 Å². The Hall–Kier alpha value is -2.25. The number of aromatic nitrogens is 3. The number of amides is 1. The van der Waals surface area contributed by atoms with Gasteiger partial charge in [-0.3, -0.25) is 9.69 Å². The quantitative estimate of drug-likeness (QED) is 0.777. The lowest BCUT2D eigenvalue weighted by Crippen LogP contribution is -2.48. The smallest absolute Gasteiger partial charge is 0.276 e. The second-order valence-corrected chi connectivity index (χ2v) is 9.25. The average molecular weight is 410 g/mol. The van der Waals surface area contributed by atoms with Crippen LogP contribution in [0.4, 0.5) is 0 Å². The minimum Gasteiger partial charge on any atom is -0.372 e. The Bertz CT molecular complexity index is 941. The molecule has 1 saturated carbocycles. The highest BCUT2D eigenvalue weighted by molar-refractivity contribution is 5.93. The predicted molar refractivity (Wildman–Crippen MR) is 114 cm³/mol. The van der Waals surface area contributed by atoms with Crippen molar-refractivity contribution >= 4 is 5.91 Å². The van der Waals surface area contributed by atoms with Gasteiger partial charge >= 0.3 is 0 Å².